The molecule has 0 spiro atoms. The maximum atomic E-state index is 11.7. The second-order valence-electron chi connectivity index (χ2n) is 4.75. The molecule has 5 heteroatoms. The number of furan rings is 1. The van der Waals surface area contributed by atoms with E-state index in [1.165, 1.54) is 6.08 Å². The van der Waals surface area contributed by atoms with Gasteiger partial charge in [-0.05, 0) is 43.5 Å². The summed E-state index contributed by atoms with van der Waals surface area (Å²) in [7, 11) is 0. The molecule has 0 saturated carbocycles. The van der Waals surface area contributed by atoms with Crippen LogP contribution in [-0.2, 0) is 10.4 Å². The van der Waals surface area contributed by atoms with Gasteiger partial charge in [0.15, 0.2) is 0 Å². The standard InChI is InChI=1S/C15H17NO3S/c1-11-5-7-13(19-11)15(2,18)10-16-14(17)8-6-12-4-3-9-20-12/h3-9,18H,10H2,1-2H3,(H,16,17). The highest BCUT2D eigenvalue weighted by atomic mass is 32.1. The zero-order chi connectivity index (χ0) is 14.6. The average Bonchev–Trinajstić information content (AvgIpc) is 3.05. The summed E-state index contributed by atoms with van der Waals surface area (Å²) in [4.78, 5) is 12.7. The Bertz CT molecular complexity index is 596. The van der Waals surface area contributed by atoms with E-state index >= 15 is 0 Å². The van der Waals surface area contributed by atoms with E-state index in [0.29, 0.717) is 5.76 Å². The van der Waals surface area contributed by atoms with Crippen molar-refractivity contribution in [1.29, 1.82) is 0 Å². The van der Waals surface area contributed by atoms with Crippen LogP contribution < -0.4 is 5.32 Å². The lowest BCUT2D eigenvalue weighted by molar-refractivity contribution is -0.117. The first-order valence-corrected chi connectivity index (χ1v) is 7.14. The van der Waals surface area contributed by atoms with Gasteiger partial charge >= 0.3 is 0 Å². The van der Waals surface area contributed by atoms with E-state index in [0.717, 1.165) is 10.6 Å². The minimum atomic E-state index is -1.22. The van der Waals surface area contributed by atoms with Gasteiger partial charge in [0.1, 0.15) is 17.1 Å². The summed E-state index contributed by atoms with van der Waals surface area (Å²) in [6, 6.07) is 7.34. The Morgan fingerprint density at radius 3 is 2.90 bits per heavy atom. The summed E-state index contributed by atoms with van der Waals surface area (Å²) < 4.78 is 5.38. The topological polar surface area (TPSA) is 62.5 Å². The number of carbonyl (C=O) groups is 1. The van der Waals surface area contributed by atoms with E-state index in [-0.39, 0.29) is 12.5 Å². The van der Waals surface area contributed by atoms with Gasteiger partial charge in [0.2, 0.25) is 5.91 Å². The monoisotopic (exact) mass is 291 g/mol. The van der Waals surface area contributed by atoms with Crippen molar-refractivity contribution in [2.24, 2.45) is 0 Å². The summed E-state index contributed by atoms with van der Waals surface area (Å²) in [6.07, 6.45) is 3.20. The Balaban J connectivity index is 1.89. The summed E-state index contributed by atoms with van der Waals surface area (Å²) in [5.41, 5.74) is -1.22. The van der Waals surface area contributed by atoms with Crippen molar-refractivity contribution >= 4 is 23.3 Å². The van der Waals surface area contributed by atoms with E-state index in [9.17, 15) is 9.90 Å². The van der Waals surface area contributed by atoms with Crippen LogP contribution in [0.2, 0.25) is 0 Å². The van der Waals surface area contributed by atoms with Crippen LogP contribution in [0.25, 0.3) is 6.08 Å². The number of nitrogens with one attached hydrogen (secondary N) is 1. The highest BCUT2D eigenvalue weighted by molar-refractivity contribution is 7.10. The number of thiophene rings is 1. The fourth-order valence-corrected chi connectivity index (χ4v) is 2.29. The van der Waals surface area contributed by atoms with Crippen LogP contribution in [0.5, 0.6) is 0 Å². The van der Waals surface area contributed by atoms with Crippen LogP contribution in [0.15, 0.2) is 40.1 Å². The van der Waals surface area contributed by atoms with Crippen LogP contribution in [0.4, 0.5) is 0 Å². The first-order chi connectivity index (χ1) is 9.47. The van der Waals surface area contributed by atoms with Crippen LogP contribution in [-0.4, -0.2) is 17.6 Å². The van der Waals surface area contributed by atoms with Gasteiger partial charge in [0, 0.05) is 11.0 Å². The number of aliphatic hydroxyl groups is 1. The molecule has 0 aliphatic heterocycles. The summed E-state index contributed by atoms with van der Waals surface area (Å²) in [5, 5.41) is 14.9. The predicted molar refractivity (Wildman–Crippen MR) is 79.4 cm³/mol. The molecule has 1 unspecified atom stereocenters. The van der Waals surface area contributed by atoms with Crippen molar-refractivity contribution < 1.29 is 14.3 Å². The number of carbonyl (C=O) groups excluding carboxylic acids is 1. The largest absolute Gasteiger partial charge is 0.463 e. The number of rotatable bonds is 5. The minimum Gasteiger partial charge on any atom is -0.463 e. The fraction of sp³-hybridized carbons (Fsp3) is 0.267. The molecule has 106 valence electrons. The van der Waals surface area contributed by atoms with E-state index < -0.39 is 5.60 Å². The van der Waals surface area contributed by atoms with Crippen molar-refractivity contribution in [3.63, 3.8) is 0 Å². The van der Waals surface area contributed by atoms with Gasteiger partial charge in [-0.15, -0.1) is 11.3 Å². The highest BCUT2D eigenvalue weighted by Gasteiger charge is 2.26. The molecule has 0 bridgehead atoms. The average molecular weight is 291 g/mol. The molecule has 2 aromatic heterocycles. The molecule has 0 radical (unpaired) electrons. The smallest absolute Gasteiger partial charge is 0.244 e. The number of amides is 1. The molecule has 1 atom stereocenters. The molecule has 2 rings (SSSR count). The molecule has 0 saturated heterocycles. The molecule has 0 aromatic carbocycles. The molecule has 20 heavy (non-hydrogen) atoms. The molecular formula is C15H17NO3S. The lowest BCUT2D eigenvalue weighted by atomic mass is 10.0. The number of aryl methyl sites for hydroxylation is 1. The summed E-state index contributed by atoms with van der Waals surface area (Å²) in [6.45, 7) is 3.50. The van der Waals surface area contributed by atoms with Crippen LogP contribution >= 0.6 is 11.3 Å². The number of hydrogen-bond donors (Lipinski definition) is 2. The maximum Gasteiger partial charge on any atom is 0.244 e. The van der Waals surface area contributed by atoms with Crippen LogP contribution in [0.3, 0.4) is 0 Å². The zero-order valence-corrected chi connectivity index (χ0v) is 12.2. The van der Waals surface area contributed by atoms with Crippen molar-refractivity contribution in [1.82, 2.24) is 5.32 Å². The Morgan fingerprint density at radius 1 is 1.50 bits per heavy atom. The highest BCUT2D eigenvalue weighted by Crippen LogP contribution is 2.21. The van der Waals surface area contributed by atoms with Gasteiger partial charge in [-0.1, -0.05) is 6.07 Å². The van der Waals surface area contributed by atoms with Crippen LogP contribution in [0.1, 0.15) is 23.3 Å². The van der Waals surface area contributed by atoms with Crippen LogP contribution in [0, 0.1) is 6.92 Å². The van der Waals surface area contributed by atoms with Crippen molar-refractivity contribution in [3.8, 4) is 0 Å². The van der Waals surface area contributed by atoms with E-state index in [1.54, 1.807) is 36.5 Å². The normalized spacial score (nSPS) is 14.3. The van der Waals surface area contributed by atoms with Crippen molar-refractivity contribution in [3.05, 3.63) is 52.1 Å². The third-order valence-electron chi connectivity index (χ3n) is 2.82. The molecule has 2 heterocycles. The third-order valence-corrected chi connectivity index (χ3v) is 3.66. The molecule has 2 N–H and O–H groups in total. The molecule has 2 aromatic rings. The first kappa shape index (κ1) is 14.6. The zero-order valence-electron chi connectivity index (χ0n) is 11.4. The van der Waals surface area contributed by atoms with Gasteiger partial charge in [-0.2, -0.15) is 0 Å². The molecule has 1 amide bonds. The van der Waals surface area contributed by atoms with Gasteiger partial charge in [0.05, 0.1) is 6.54 Å². The number of hydrogen-bond acceptors (Lipinski definition) is 4. The molecular weight excluding hydrogens is 274 g/mol. The summed E-state index contributed by atoms with van der Waals surface area (Å²) >= 11 is 1.56. The molecule has 0 aliphatic carbocycles. The van der Waals surface area contributed by atoms with Crippen molar-refractivity contribution in [2.45, 2.75) is 19.4 Å². The lowest BCUT2D eigenvalue weighted by Gasteiger charge is -2.20. The third kappa shape index (κ3) is 3.82. The Labute approximate surface area is 121 Å². The lowest BCUT2D eigenvalue weighted by Crippen LogP contribution is -2.37. The predicted octanol–water partition coefficient (Wildman–Crippen LogP) is 2.69. The van der Waals surface area contributed by atoms with Gasteiger partial charge in [-0.25, -0.2) is 0 Å². The second-order valence-corrected chi connectivity index (χ2v) is 5.73. The maximum absolute atomic E-state index is 11.7. The Kier molecular flexibility index (Phi) is 4.42. The first-order valence-electron chi connectivity index (χ1n) is 6.26. The van der Waals surface area contributed by atoms with Gasteiger partial charge in [0.25, 0.3) is 0 Å². The fourth-order valence-electron chi connectivity index (χ4n) is 1.67. The molecule has 0 fully saturated rings. The molecule has 4 nitrogen and oxygen atoms in total. The minimum absolute atomic E-state index is 0.0908. The SMILES string of the molecule is Cc1ccc(C(C)(O)CNC(=O)C=Cc2cccs2)o1. The quantitative estimate of drug-likeness (QED) is 0.833. The van der Waals surface area contributed by atoms with E-state index in [4.69, 9.17) is 4.42 Å². The second kappa shape index (κ2) is 6.07. The van der Waals surface area contributed by atoms with E-state index in [2.05, 4.69) is 5.32 Å². The van der Waals surface area contributed by atoms with Gasteiger partial charge in [-0.3, -0.25) is 4.79 Å². The Hall–Kier alpha value is -1.85. The van der Waals surface area contributed by atoms with E-state index in [1.807, 2.05) is 24.4 Å². The Morgan fingerprint density at radius 2 is 2.30 bits per heavy atom. The van der Waals surface area contributed by atoms with Crippen molar-refractivity contribution in [2.75, 3.05) is 6.54 Å². The summed E-state index contributed by atoms with van der Waals surface area (Å²) in [5.74, 6) is 0.920. The van der Waals surface area contributed by atoms with Gasteiger partial charge < -0.3 is 14.8 Å². The molecule has 0 aliphatic rings.